The first-order valence-electron chi connectivity index (χ1n) is 4.54. The van der Waals surface area contributed by atoms with E-state index in [1.807, 2.05) is 30.3 Å². The van der Waals surface area contributed by atoms with Gasteiger partial charge in [-0.3, -0.25) is 0 Å². The first-order valence-corrected chi connectivity index (χ1v) is 4.54. The Morgan fingerprint density at radius 2 is 1.93 bits per heavy atom. The number of hydrogen-bond donors (Lipinski definition) is 3. The highest BCUT2D eigenvalue weighted by Gasteiger charge is 2.34. The molecule has 1 aliphatic rings. The number of benzene rings is 1. The number of rotatable bonds is 1. The summed E-state index contributed by atoms with van der Waals surface area (Å²) in [6.45, 7) is 0. The fourth-order valence-electron chi connectivity index (χ4n) is 1.68. The van der Waals surface area contributed by atoms with Crippen molar-refractivity contribution in [3.63, 3.8) is 0 Å². The van der Waals surface area contributed by atoms with Crippen molar-refractivity contribution in [3.8, 4) is 6.07 Å². The Bertz CT molecular complexity index is 343. The second-order valence-electron chi connectivity index (χ2n) is 3.36. The molecule has 4 N–H and O–H groups in total. The van der Waals surface area contributed by atoms with Gasteiger partial charge in [0, 0.05) is 0 Å². The van der Waals surface area contributed by atoms with Gasteiger partial charge < -0.3 is 5.73 Å². The number of hydrazine groups is 1. The topological polar surface area (TPSA) is 73.9 Å². The summed E-state index contributed by atoms with van der Waals surface area (Å²) in [5, 5.41) is 8.96. The minimum Gasteiger partial charge on any atom is -0.314 e. The molecule has 0 bridgehead atoms. The summed E-state index contributed by atoms with van der Waals surface area (Å²) in [5.74, 6) is -0.225. The zero-order valence-electron chi connectivity index (χ0n) is 7.64. The van der Waals surface area contributed by atoms with Crippen LogP contribution in [-0.2, 0) is 0 Å². The van der Waals surface area contributed by atoms with Crippen LogP contribution >= 0.6 is 0 Å². The summed E-state index contributed by atoms with van der Waals surface area (Å²) in [6.07, 6.45) is -0.301. The van der Waals surface area contributed by atoms with Gasteiger partial charge >= 0.3 is 0 Å². The van der Waals surface area contributed by atoms with Gasteiger partial charge in [-0.15, -0.1) is 0 Å². The Labute approximate surface area is 82.7 Å². The minimum absolute atomic E-state index is 0.0174. The number of nitriles is 1. The third-order valence-electron chi connectivity index (χ3n) is 2.46. The van der Waals surface area contributed by atoms with Crippen molar-refractivity contribution in [1.29, 1.82) is 5.26 Å². The lowest BCUT2D eigenvalue weighted by atomic mass is 9.94. The van der Waals surface area contributed by atoms with Crippen LogP contribution < -0.4 is 16.6 Å². The quantitative estimate of drug-likeness (QED) is 0.591. The van der Waals surface area contributed by atoms with Crippen molar-refractivity contribution in [2.75, 3.05) is 0 Å². The highest BCUT2D eigenvalue weighted by molar-refractivity contribution is 5.23. The van der Waals surface area contributed by atoms with Crippen molar-refractivity contribution >= 4 is 0 Å². The molecular weight excluding hydrogens is 176 g/mol. The van der Waals surface area contributed by atoms with Crippen LogP contribution in [0, 0.1) is 17.2 Å². The molecule has 3 atom stereocenters. The third-order valence-corrected chi connectivity index (χ3v) is 2.46. The number of nitrogens with zero attached hydrogens (tertiary/aromatic N) is 1. The minimum atomic E-state index is -0.301. The summed E-state index contributed by atoms with van der Waals surface area (Å²) in [5.41, 5.74) is 12.7. The fourth-order valence-corrected chi connectivity index (χ4v) is 1.68. The SMILES string of the molecule is N#CC1C(N)NNC1c1ccccc1. The summed E-state index contributed by atoms with van der Waals surface area (Å²) < 4.78 is 0. The van der Waals surface area contributed by atoms with E-state index in [-0.39, 0.29) is 18.1 Å². The van der Waals surface area contributed by atoms with Gasteiger partial charge in [0.15, 0.2) is 0 Å². The van der Waals surface area contributed by atoms with Gasteiger partial charge in [0.2, 0.25) is 0 Å². The predicted molar refractivity (Wildman–Crippen MR) is 52.5 cm³/mol. The molecule has 0 radical (unpaired) electrons. The molecule has 14 heavy (non-hydrogen) atoms. The van der Waals surface area contributed by atoms with Crippen molar-refractivity contribution < 1.29 is 0 Å². The van der Waals surface area contributed by atoms with E-state index in [4.69, 9.17) is 11.0 Å². The number of nitrogens with two attached hydrogens (primary N) is 1. The molecule has 1 fully saturated rings. The van der Waals surface area contributed by atoms with Crippen LogP contribution in [0.5, 0.6) is 0 Å². The maximum absolute atomic E-state index is 8.96. The van der Waals surface area contributed by atoms with E-state index in [9.17, 15) is 0 Å². The van der Waals surface area contributed by atoms with Crippen molar-refractivity contribution in [2.45, 2.75) is 12.2 Å². The first kappa shape index (κ1) is 9.16. The zero-order valence-corrected chi connectivity index (χ0v) is 7.64. The summed E-state index contributed by atoms with van der Waals surface area (Å²) in [7, 11) is 0. The lowest BCUT2D eigenvalue weighted by Crippen LogP contribution is -2.38. The maximum Gasteiger partial charge on any atom is 0.0965 e. The van der Waals surface area contributed by atoms with Crippen LogP contribution in [0.4, 0.5) is 0 Å². The van der Waals surface area contributed by atoms with Gasteiger partial charge in [-0.25, -0.2) is 10.9 Å². The van der Waals surface area contributed by atoms with E-state index < -0.39 is 0 Å². The van der Waals surface area contributed by atoms with Crippen LogP contribution in [0.1, 0.15) is 11.6 Å². The molecule has 0 saturated carbocycles. The normalized spacial score (nSPS) is 31.3. The Kier molecular flexibility index (Phi) is 2.46. The molecule has 3 unspecified atom stereocenters. The standard InChI is InChI=1S/C10H12N4/c11-6-8-9(13-14-10(8)12)7-4-2-1-3-5-7/h1-5,8-10,13-14H,12H2. The second kappa shape index (κ2) is 3.76. The molecule has 72 valence electrons. The Hall–Kier alpha value is -1.41. The van der Waals surface area contributed by atoms with Crippen molar-refractivity contribution in [1.82, 2.24) is 10.9 Å². The molecule has 1 saturated heterocycles. The van der Waals surface area contributed by atoms with Crippen LogP contribution in [-0.4, -0.2) is 6.17 Å². The number of hydrogen-bond acceptors (Lipinski definition) is 4. The highest BCUT2D eigenvalue weighted by Crippen LogP contribution is 2.25. The molecule has 1 heterocycles. The van der Waals surface area contributed by atoms with E-state index in [0.717, 1.165) is 5.56 Å². The van der Waals surface area contributed by atoms with Gasteiger partial charge in [0.25, 0.3) is 0 Å². The molecule has 1 aliphatic heterocycles. The molecule has 4 nitrogen and oxygen atoms in total. The lowest BCUT2D eigenvalue weighted by molar-refractivity contribution is 0.526. The van der Waals surface area contributed by atoms with Gasteiger partial charge in [-0.2, -0.15) is 5.26 Å². The molecule has 1 aromatic carbocycles. The van der Waals surface area contributed by atoms with E-state index in [1.165, 1.54) is 0 Å². The molecular formula is C10H12N4. The Balaban J connectivity index is 2.25. The molecule has 0 aliphatic carbocycles. The Morgan fingerprint density at radius 3 is 2.57 bits per heavy atom. The molecule has 0 spiro atoms. The average molecular weight is 188 g/mol. The van der Waals surface area contributed by atoms with Crippen LogP contribution in [0.3, 0.4) is 0 Å². The lowest BCUT2D eigenvalue weighted by Gasteiger charge is -2.13. The van der Waals surface area contributed by atoms with Crippen molar-refractivity contribution in [2.24, 2.45) is 11.7 Å². The van der Waals surface area contributed by atoms with Gasteiger partial charge in [0.05, 0.1) is 24.2 Å². The van der Waals surface area contributed by atoms with E-state index >= 15 is 0 Å². The molecule has 0 aromatic heterocycles. The van der Waals surface area contributed by atoms with E-state index in [1.54, 1.807) is 0 Å². The van der Waals surface area contributed by atoms with E-state index in [2.05, 4.69) is 16.9 Å². The maximum atomic E-state index is 8.96. The summed E-state index contributed by atoms with van der Waals surface area (Å²) >= 11 is 0. The third kappa shape index (κ3) is 1.49. The van der Waals surface area contributed by atoms with Crippen molar-refractivity contribution in [3.05, 3.63) is 35.9 Å². The largest absolute Gasteiger partial charge is 0.314 e. The summed E-state index contributed by atoms with van der Waals surface area (Å²) in [4.78, 5) is 0. The molecule has 2 rings (SSSR count). The van der Waals surface area contributed by atoms with Gasteiger partial charge in [-0.05, 0) is 5.56 Å². The molecule has 1 aromatic rings. The second-order valence-corrected chi connectivity index (χ2v) is 3.36. The Morgan fingerprint density at radius 1 is 1.21 bits per heavy atom. The molecule has 4 heteroatoms. The highest BCUT2D eigenvalue weighted by atomic mass is 15.5. The predicted octanol–water partition coefficient (Wildman–Crippen LogP) is 0.260. The average Bonchev–Trinajstić information content (AvgIpc) is 2.61. The first-order chi connectivity index (χ1) is 6.83. The van der Waals surface area contributed by atoms with Crippen LogP contribution in [0.15, 0.2) is 30.3 Å². The van der Waals surface area contributed by atoms with Crippen LogP contribution in [0.25, 0.3) is 0 Å². The molecule has 0 amide bonds. The smallest absolute Gasteiger partial charge is 0.0965 e. The van der Waals surface area contributed by atoms with Crippen LogP contribution in [0.2, 0.25) is 0 Å². The van der Waals surface area contributed by atoms with Gasteiger partial charge in [-0.1, -0.05) is 30.3 Å². The number of nitrogens with one attached hydrogen (secondary N) is 2. The van der Waals surface area contributed by atoms with Gasteiger partial charge in [0.1, 0.15) is 0 Å². The summed E-state index contributed by atoms with van der Waals surface area (Å²) in [6, 6.07) is 12.0. The zero-order chi connectivity index (χ0) is 9.97. The fraction of sp³-hybridized carbons (Fsp3) is 0.300. The van der Waals surface area contributed by atoms with E-state index in [0.29, 0.717) is 0 Å². The monoisotopic (exact) mass is 188 g/mol.